The summed E-state index contributed by atoms with van der Waals surface area (Å²) in [6, 6.07) is 4.13. The number of amides is 1. The van der Waals surface area contributed by atoms with Crippen LogP contribution in [0.4, 0.5) is 50.0 Å². The minimum Gasteiger partial charge on any atom is -0.426 e. The molecule has 0 aliphatic carbocycles. The maximum absolute atomic E-state index is 13.8. The number of halogens is 9. The molecule has 4 rings (SSSR count). The number of ether oxygens (including phenoxy) is 2. The topological polar surface area (TPSA) is 45.2 Å². The van der Waals surface area contributed by atoms with Crippen molar-refractivity contribution >= 4 is 11.8 Å². The lowest BCUT2D eigenvalue weighted by Gasteiger charge is -2.30. The van der Waals surface area contributed by atoms with E-state index in [1.165, 1.54) is 6.07 Å². The van der Waals surface area contributed by atoms with Gasteiger partial charge in [0.05, 0.1) is 18.8 Å². The van der Waals surface area contributed by atoms with Crippen LogP contribution in [0.3, 0.4) is 0 Å². The number of carbonyl (C=O) groups excluding carboxylic acids is 1. The summed E-state index contributed by atoms with van der Waals surface area (Å²) in [4.78, 5) is 16.4. The average Bonchev–Trinajstić information content (AvgIpc) is 3.34. The first kappa shape index (κ1) is 27.6. The number of likely N-dealkylation sites (tertiary alicyclic amines) is 2. The third kappa shape index (κ3) is 6.36. The molecule has 3 aliphatic rings. The molecule has 0 spiro atoms. The van der Waals surface area contributed by atoms with Crippen LogP contribution in [0.5, 0.6) is 0 Å². The summed E-state index contributed by atoms with van der Waals surface area (Å²) in [7, 11) is 0. The van der Waals surface area contributed by atoms with E-state index in [1.807, 2.05) is 0 Å². The summed E-state index contributed by atoms with van der Waals surface area (Å²) in [6.45, 7) is 1.90. The Hall–Kier alpha value is -2.42. The highest BCUT2D eigenvalue weighted by molar-refractivity contribution is 5.68. The van der Waals surface area contributed by atoms with Crippen molar-refractivity contribution in [2.45, 2.75) is 31.2 Å². The number of nitrogens with zero attached hydrogens (tertiary/aromatic N) is 3. The third-order valence-electron chi connectivity index (χ3n) is 6.80. The monoisotopic (exact) mass is 549 g/mol. The molecule has 1 amide bonds. The van der Waals surface area contributed by atoms with Gasteiger partial charge in [-0.1, -0.05) is 6.07 Å². The molecular weight excluding hydrogens is 525 g/mol. The first-order valence-electron chi connectivity index (χ1n) is 11.5. The standard InChI is InChI=1S/C22H24F9N3O3/c23-20(24,25)17-7-16(33-3-5-36-6-4-33)2-1-13(17)8-32-9-14-11-34(12-15(14)10-32)19(35)37-18(21(26,27)28)22(29,30)31/h1-2,7,14-15,18H,3-6,8-12H2. The van der Waals surface area contributed by atoms with Gasteiger partial charge < -0.3 is 19.3 Å². The Morgan fingerprint density at radius 3 is 2.00 bits per heavy atom. The number of rotatable bonds is 4. The highest BCUT2D eigenvalue weighted by Crippen LogP contribution is 2.39. The van der Waals surface area contributed by atoms with Gasteiger partial charge in [0.2, 0.25) is 0 Å². The lowest BCUT2D eigenvalue weighted by Crippen LogP contribution is -2.48. The quantitative estimate of drug-likeness (QED) is 0.517. The maximum Gasteiger partial charge on any atom is 0.434 e. The molecule has 0 N–H and O–H groups in total. The van der Waals surface area contributed by atoms with Crippen LogP contribution in [0.25, 0.3) is 0 Å². The van der Waals surface area contributed by atoms with Crippen molar-refractivity contribution in [1.82, 2.24) is 9.80 Å². The van der Waals surface area contributed by atoms with Gasteiger partial charge in [-0.15, -0.1) is 0 Å². The maximum atomic E-state index is 13.8. The zero-order valence-electron chi connectivity index (χ0n) is 19.3. The van der Waals surface area contributed by atoms with Crippen LogP contribution in [0.2, 0.25) is 0 Å². The first-order chi connectivity index (χ1) is 17.1. The van der Waals surface area contributed by atoms with Crippen molar-refractivity contribution in [3.05, 3.63) is 29.3 Å². The number of alkyl halides is 9. The number of fused-ring (bicyclic) bond motifs is 1. The normalized spacial score (nSPS) is 23.6. The van der Waals surface area contributed by atoms with Crippen LogP contribution < -0.4 is 4.90 Å². The fourth-order valence-corrected chi connectivity index (χ4v) is 5.09. The molecule has 15 heteroatoms. The van der Waals surface area contributed by atoms with E-state index in [2.05, 4.69) is 4.74 Å². The molecule has 1 aromatic rings. The second-order valence-electron chi connectivity index (χ2n) is 9.40. The molecule has 2 unspecified atom stereocenters. The zero-order valence-corrected chi connectivity index (χ0v) is 19.3. The van der Waals surface area contributed by atoms with Gasteiger partial charge in [0.1, 0.15) is 0 Å². The van der Waals surface area contributed by atoms with Crippen LogP contribution >= 0.6 is 0 Å². The molecule has 3 fully saturated rings. The van der Waals surface area contributed by atoms with E-state index < -0.39 is 36.3 Å². The van der Waals surface area contributed by atoms with Crippen molar-refractivity contribution in [3.63, 3.8) is 0 Å². The van der Waals surface area contributed by atoms with Crippen molar-refractivity contribution in [3.8, 4) is 0 Å². The second-order valence-corrected chi connectivity index (χ2v) is 9.40. The molecule has 37 heavy (non-hydrogen) atoms. The summed E-state index contributed by atoms with van der Waals surface area (Å²) in [6.07, 6.45) is -22.2. The highest BCUT2D eigenvalue weighted by Gasteiger charge is 2.60. The largest absolute Gasteiger partial charge is 0.434 e. The molecule has 0 aromatic heterocycles. The number of hydrogen-bond acceptors (Lipinski definition) is 5. The number of hydrogen-bond donors (Lipinski definition) is 0. The number of morpholine rings is 1. The predicted octanol–water partition coefficient (Wildman–Crippen LogP) is 4.54. The molecule has 208 valence electrons. The summed E-state index contributed by atoms with van der Waals surface area (Å²) < 4.78 is 127. The van der Waals surface area contributed by atoms with Crippen molar-refractivity contribution < 1.29 is 53.8 Å². The van der Waals surface area contributed by atoms with E-state index in [0.717, 1.165) is 11.0 Å². The van der Waals surface area contributed by atoms with Gasteiger partial charge in [-0.3, -0.25) is 4.90 Å². The van der Waals surface area contributed by atoms with Gasteiger partial charge in [0, 0.05) is 51.5 Å². The van der Waals surface area contributed by atoms with E-state index in [9.17, 15) is 44.3 Å². The zero-order chi connectivity index (χ0) is 27.2. The lowest BCUT2D eigenvalue weighted by molar-refractivity contribution is -0.308. The fraction of sp³-hybridized carbons (Fsp3) is 0.682. The van der Waals surface area contributed by atoms with Gasteiger partial charge in [-0.25, -0.2) is 4.79 Å². The lowest BCUT2D eigenvalue weighted by atomic mass is 10.0. The van der Waals surface area contributed by atoms with Crippen LogP contribution in [0.15, 0.2) is 18.2 Å². The van der Waals surface area contributed by atoms with E-state index in [0.29, 0.717) is 32.0 Å². The Morgan fingerprint density at radius 2 is 1.49 bits per heavy atom. The highest BCUT2D eigenvalue weighted by atomic mass is 19.4. The Labute approximate surface area is 205 Å². The van der Waals surface area contributed by atoms with E-state index >= 15 is 0 Å². The molecule has 0 bridgehead atoms. The third-order valence-corrected chi connectivity index (χ3v) is 6.80. The molecule has 3 aliphatic heterocycles. The average molecular weight is 549 g/mol. The minimum absolute atomic E-state index is 0.0418. The summed E-state index contributed by atoms with van der Waals surface area (Å²) in [5.41, 5.74) is -0.286. The van der Waals surface area contributed by atoms with Crippen molar-refractivity contribution in [2.24, 2.45) is 11.8 Å². The van der Waals surface area contributed by atoms with E-state index in [4.69, 9.17) is 4.74 Å². The van der Waals surface area contributed by atoms with Crippen LogP contribution in [-0.2, 0) is 22.2 Å². The summed E-state index contributed by atoms with van der Waals surface area (Å²) in [5.74, 6) is -0.630. The molecule has 0 radical (unpaired) electrons. The Balaban J connectivity index is 1.38. The second kappa shape index (κ2) is 10.0. The SMILES string of the molecule is O=C(OC(C(F)(F)F)C(F)(F)F)N1CC2CN(Cc3ccc(N4CCOCC4)cc3C(F)(F)F)CC2C1. The van der Waals surface area contributed by atoms with Crippen molar-refractivity contribution in [2.75, 3.05) is 57.4 Å². The van der Waals surface area contributed by atoms with Crippen LogP contribution in [0, 0.1) is 11.8 Å². The molecule has 0 saturated carbocycles. The molecule has 2 atom stereocenters. The Bertz CT molecular complexity index is 949. The van der Waals surface area contributed by atoms with Gasteiger partial charge in [0.25, 0.3) is 6.10 Å². The summed E-state index contributed by atoms with van der Waals surface area (Å²) in [5, 5.41) is 0. The van der Waals surface area contributed by atoms with Gasteiger partial charge in [-0.05, 0) is 29.5 Å². The first-order valence-corrected chi connectivity index (χ1v) is 11.5. The minimum atomic E-state index is -5.81. The number of carbonyl (C=O) groups is 1. The van der Waals surface area contributed by atoms with Gasteiger partial charge in [0.15, 0.2) is 0 Å². The smallest absolute Gasteiger partial charge is 0.426 e. The van der Waals surface area contributed by atoms with E-state index in [1.54, 1.807) is 15.9 Å². The van der Waals surface area contributed by atoms with Crippen LogP contribution in [0.1, 0.15) is 11.1 Å². The van der Waals surface area contributed by atoms with Crippen molar-refractivity contribution in [1.29, 1.82) is 0 Å². The molecule has 6 nitrogen and oxygen atoms in total. The molecule has 1 aromatic carbocycles. The molecule has 3 saturated heterocycles. The Morgan fingerprint density at radius 1 is 0.919 bits per heavy atom. The van der Waals surface area contributed by atoms with Gasteiger partial charge >= 0.3 is 24.6 Å². The Kier molecular flexibility index (Phi) is 7.49. The molecule has 3 heterocycles. The van der Waals surface area contributed by atoms with Crippen LogP contribution in [-0.4, -0.2) is 86.8 Å². The number of benzene rings is 1. The number of anilines is 1. The summed E-state index contributed by atoms with van der Waals surface area (Å²) >= 11 is 0. The molecular formula is C22H24F9N3O3. The predicted molar refractivity (Wildman–Crippen MR) is 111 cm³/mol. The van der Waals surface area contributed by atoms with E-state index in [-0.39, 0.29) is 50.1 Å². The van der Waals surface area contributed by atoms with Gasteiger partial charge in [-0.2, -0.15) is 39.5 Å². The fourth-order valence-electron chi connectivity index (χ4n) is 5.09.